The zero-order valence-electron chi connectivity index (χ0n) is 12.2. The lowest BCUT2D eigenvalue weighted by atomic mass is 9.78. The predicted molar refractivity (Wildman–Crippen MR) is 90.8 cm³/mol. The van der Waals surface area contributed by atoms with Crippen LogP contribution in [0.25, 0.3) is 0 Å². The average Bonchev–Trinajstić information content (AvgIpc) is 2.90. The minimum absolute atomic E-state index is 0.210. The van der Waals surface area contributed by atoms with Crippen LogP contribution in [0.15, 0.2) is 24.3 Å². The lowest BCUT2D eigenvalue weighted by Gasteiger charge is -2.41. The van der Waals surface area contributed by atoms with Gasteiger partial charge >= 0.3 is 0 Å². The zero-order chi connectivity index (χ0) is 14.0. The molecule has 1 saturated carbocycles. The van der Waals surface area contributed by atoms with E-state index in [1.54, 1.807) is 0 Å². The molecule has 20 heavy (non-hydrogen) atoms. The maximum Gasteiger partial charge on any atom is 0.0686 e. The van der Waals surface area contributed by atoms with Crippen LogP contribution in [0.5, 0.6) is 0 Å². The van der Waals surface area contributed by atoms with E-state index in [1.807, 2.05) is 0 Å². The molecule has 1 heterocycles. The molecule has 2 nitrogen and oxygen atoms in total. The summed E-state index contributed by atoms with van der Waals surface area (Å²) in [5, 5.41) is 3.56. The molecule has 1 aliphatic heterocycles. The summed E-state index contributed by atoms with van der Waals surface area (Å²) in [6.45, 7) is 0.938. The van der Waals surface area contributed by atoms with Crippen LogP contribution in [-0.2, 0) is 4.74 Å². The summed E-state index contributed by atoms with van der Waals surface area (Å²) in [7, 11) is 2.10. The minimum Gasteiger partial charge on any atom is -0.375 e. The highest BCUT2D eigenvalue weighted by molar-refractivity contribution is 14.1. The Balaban J connectivity index is 1.76. The van der Waals surface area contributed by atoms with Gasteiger partial charge in [-0.25, -0.2) is 0 Å². The van der Waals surface area contributed by atoms with Crippen molar-refractivity contribution in [2.75, 3.05) is 13.7 Å². The first-order valence-electron chi connectivity index (χ1n) is 7.79. The Labute approximate surface area is 135 Å². The SMILES string of the molecule is CNC(c1ccc(I)cc1)C1CCOC2(CCCC2)C1. The molecule has 2 unspecified atom stereocenters. The number of hydrogen-bond donors (Lipinski definition) is 1. The molecule has 0 bridgehead atoms. The molecule has 2 fully saturated rings. The fourth-order valence-corrected chi connectivity index (χ4v) is 4.42. The second-order valence-electron chi connectivity index (χ2n) is 6.31. The number of halogens is 1. The molecular weight excluding hydrogens is 361 g/mol. The minimum atomic E-state index is 0.210. The van der Waals surface area contributed by atoms with Gasteiger partial charge in [0.1, 0.15) is 0 Å². The Morgan fingerprint density at radius 3 is 2.60 bits per heavy atom. The van der Waals surface area contributed by atoms with E-state index >= 15 is 0 Å². The number of nitrogens with one attached hydrogen (secondary N) is 1. The van der Waals surface area contributed by atoms with E-state index in [1.165, 1.54) is 47.7 Å². The quantitative estimate of drug-likeness (QED) is 0.784. The van der Waals surface area contributed by atoms with Crippen molar-refractivity contribution in [3.8, 4) is 0 Å². The highest BCUT2D eigenvalue weighted by Crippen LogP contribution is 2.45. The number of rotatable bonds is 3. The van der Waals surface area contributed by atoms with Gasteiger partial charge in [-0.15, -0.1) is 0 Å². The van der Waals surface area contributed by atoms with Crippen LogP contribution in [-0.4, -0.2) is 19.3 Å². The Hall–Kier alpha value is -0.130. The Bertz CT molecular complexity index is 439. The highest BCUT2D eigenvalue weighted by atomic mass is 127. The third kappa shape index (κ3) is 3.04. The van der Waals surface area contributed by atoms with Gasteiger partial charge in [-0.2, -0.15) is 0 Å². The summed E-state index contributed by atoms with van der Waals surface area (Å²) >= 11 is 2.37. The van der Waals surface area contributed by atoms with Crippen LogP contribution in [0.4, 0.5) is 0 Å². The molecule has 0 radical (unpaired) electrons. The summed E-state index contributed by atoms with van der Waals surface area (Å²) in [5.41, 5.74) is 1.63. The van der Waals surface area contributed by atoms with Crippen molar-refractivity contribution in [3.05, 3.63) is 33.4 Å². The first kappa shape index (κ1) is 14.8. The van der Waals surface area contributed by atoms with Gasteiger partial charge in [-0.05, 0) is 78.9 Å². The molecule has 3 heteroatoms. The maximum atomic E-state index is 6.18. The summed E-state index contributed by atoms with van der Waals surface area (Å²) in [5.74, 6) is 0.701. The van der Waals surface area contributed by atoms with Crippen LogP contribution >= 0.6 is 22.6 Å². The highest BCUT2D eigenvalue weighted by Gasteiger charge is 2.41. The molecule has 1 aliphatic carbocycles. The molecule has 1 aromatic rings. The molecule has 0 aromatic heterocycles. The topological polar surface area (TPSA) is 21.3 Å². The first-order chi connectivity index (χ1) is 9.72. The van der Waals surface area contributed by atoms with Gasteiger partial charge < -0.3 is 10.1 Å². The number of hydrogen-bond acceptors (Lipinski definition) is 2. The number of benzene rings is 1. The largest absolute Gasteiger partial charge is 0.375 e. The van der Waals surface area contributed by atoms with Crippen molar-refractivity contribution < 1.29 is 4.74 Å². The lowest BCUT2D eigenvalue weighted by Crippen LogP contribution is -2.41. The molecule has 1 N–H and O–H groups in total. The van der Waals surface area contributed by atoms with E-state index in [-0.39, 0.29) is 5.60 Å². The van der Waals surface area contributed by atoms with Crippen LogP contribution in [0, 0.1) is 9.49 Å². The van der Waals surface area contributed by atoms with Gasteiger partial charge in [0.25, 0.3) is 0 Å². The van der Waals surface area contributed by atoms with Gasteiger partial charge in [0.2, 0.25) is 0 Å². The molecular formula is C17H24INO. The fourth-order valence-electron chi connectivity index (χ4n) is 4.06. The van der Waals surface area contributed by atoms with Crippen LogP contribution in [0.3, 0.4) is 0 Å². The molecule has 3 rings (SSSR count). The van der Waals surface area contributed by atoms with E-state index < -0.39 is 0 Å². The lowest BCUT2D eigenvalue weighted by molar-refractivity contribution is -0.0978. The van der Waals surface area contributed by atoms with Gasteiger partial charge in [0.05, 0.1) is 5.60 Å². The number of ether oxygens (including phenoxy) is 1. The molecule has 1 aromatic carbocycles. The summed E-state index contributed by atoms with van der Waals surface area (Å²) < 4.78 is 7.48. The van der Waals surface area contributed by atoms with Crippen molar-refractivity contribution >= 4 is 22.6 Å². The van der Waals surface area contributed by atoms with Crippen molar-refractivity contribution in [1.82, 2.24) is 5.32 Å². The van der Waals surface area contributed by atoms with Gasteiger partial charge in [-0.1, -0.05) is 25.0 Å². The summed E-state index contributed by atoms with van der Waals surface area (Å²) in [6.07, 6.45) is 7.64. The van der Waals surface area contributed by atoms with Crippen molar-refractivity contribution in [3.63, 3.8) is 0 Å². The van der Waals surface area contributed by atoms with E-state index in [0.717, 1.165) is 6.61 Å². The Morgan fingerprint density at radius 1 is 1.25 bits per heavy atom. The monoisotopic (exact) mass is 385 g/mol. The smallest absolute Gasteiger partial charge is 0.0686 e. The van der Waals surface area contributed by atoms with E-state index in [2.05, 4.69) is 59.2 Å². The Kier molecular flexibility index (Phi) is 4.68. The van der Waals surface area contributed by atoms with Crippen molar-refractivity contribution in [2.45, 2.75) is 50.2 Å². The standard InChI is InChI=1S/C17H24INO/c1-19-16(13-4-6-15(18)7-5-13)14-8-11-20-17(12-14)9-2-3-10-17/h4-7,14,16,19H,2-3,8-12H2,1H3. The van der Waals surface area contributed by atoms with Crippen LogP contribution in [0.2, 0.25) is 0 Å². The molecule has 1 spiro atoms. The van der Waals surface area contributed by atoms with Crippen LogP contribution in [0.1, 0.15) is 50.1 Å². The van der Waals surface area contributed by atoms with E-state index in [9.17, 15) is 0 Å². The van der Waals surface area contributed by atoms with Crippen molar-refractivity contribution in [2.24, 2.45) is 5.92 Å². The maximum absolute atomic E-state index is 6.18. The molecule has 2 aliphatic rings. The molecule has 110 valence electrons. The zero-order valence-corrected chi connectivity index (χ0v) is 14.4. The van der Waals surface area contributed by atoms with Gasteiger partial charge in [-0.3, -0.25) is 0 Å². The molecule has 1 saturated heterocycles. The first-order valence-corrected chi connectivity index (χ1v) is 8.87. The van der Waals surface area contributed by atoms with E-state index in [4.69, 9.17) is 4.74 Å². The molecule has 2 atom stereocenters. The summed E-state index contributed by atoms with van der Waals surface area (Å²) in [6, 6.07) is 9.45. The third-order valence-electron chi connectivity index (χ3n) is 5.06. The second-order valence-corrected chi connectivity index (χ2v) is 7.55. The van der Waals surface area contributed by atoms with Crippen molar-refractivity contribution in [1.29, 1.82) is 0 Å². The van der Waals surface area contributed by atoms with Gasteiger partial charge in [0.15, 0.2) is 0 Å². The molecule has 0 amide bonds. The predicted octanol–water partition coefficient (Wildman–Crippen LogP) is 4.29. The summed E-state index contributed by atoms with van der Waals surface area (Å²) in [4.78, 5) is 0. The third-order valence-corrected chi connectivity index (χ3v) is 5.78. The van der Waals surface area contributed by atoms with Crippen LogP contribution < -0.4 is 5.32 Å². The fraction of sp³-hybridized carbons (Fsp3) is 0.647. The second kappa shape index (κ2) is 6.32. The van der Waals surface area contributed by atoms with Gasteiger partial charge in [0, 0.05) is 16.2 Å². The normalized spacial score (nSPS) is 26.8. The average molecular weight is 385 g/mol. The van der Waals surface area contributed by atoms with E-state index in [0.29, 0.717) is 12.0 Å². The Morgan fingerprint density at radius 2 is 1.95 bits per heavy atom.